The zero-order chi connectivity index (χ0) is 13.7. The molecular weight excluding hydrogens is 220 g/mol. The molecule has 0 fully saturated rings. The Morgan fingerprint density at radius 1 is 1.17 bits per heavy atom. The number of imidazole rings is 1. The molecule has 1 aromatic heterocycles. The van der Waals surface area contributed by atoms with Gasteiger partial charge in [-0.05, 0) is 23.1 Å². The minimum atomic E-state index is 0.203. The van der Waals surface area contributed by atoms with Crippen LogP contribution in [0, 0.1) is 0 Å². The molecule has 1 heterocycles. The number of hydrogen-bond acceptors (Lipinski definition) is 0. The normalized spacial score (nSPS) is 12.7. The summed E-state index contributed by atoms with van der Waals surface area (Å²) in [6.45, 7) is 11.3. The van der Waals surface area contributed by atoms with Gasteiger partial charge in [-0.1, -0.05) is 40.7 Å². The van der Waals surface area contributed by atoms with Crippen molar-refractivity contribution in [3.05, 3.63) is 29.6 Å². The summed E-state index contributed by atoms with van der Waals surface area (Å²) in [7, 11) is 4.33. The first kappa shape index (κ1) is 13.1. The second kappa shape index (κ2) is 4.11. The molecule has 1 aromatic carbocycles. The molecule has 2 rings (SSSR count). The van der Waals surface area contributed by atoms with Gasteiger partial charge in [-0.15, -0.1) is 0 Å². The molecule has 0 unspecified atom stereocenters. The van der Waals surface area contributed by atoms with Crippen molar-refractivity contribution in [3.8, 4) is 0 Å². The van der Waals surface area contributed by atoms with Crippen molar-refractivity contribution < 1.29 is 4.57 Å². The van der Waals surface area contributed by atoms with Gasteiger partial charge in [0.25, 0.3) is 5.82 Å². The Bertz CT molecular complexity index is 583. The van der Waals surface area contributed by atoms with E-state index < -0.39 is 0 Å². The predicted octanol–water partition coefficient (Wildman–Crippen LogP) is 3.42. The lowest BCUT2D eigenvalue weighted by Crippen LogP contribution is -2.33. The molecule has 2 heteroatoms. The molecule has 0 aliphatic heterocycles. The molecule has 0 saturated carbocycles. The Hall–Kier alpha value is -1.31. The fourth-order valence-electron chi connectivity index (χ4n) is 2.79. The van der Waals surface area contributed by atoms with Gasteiger partial charge in [0, 0.05) is 0 Å². The minimum Gasteiger partial charge on any atom is -0.230 e. The number of nitrogens with zero attached hydrogens (tertiary/aromatic N) is 2. The molecule has 0 spiro atoms. The summed E-state index contributed by atoms with van der Waals surface area (Å²) in [6, 6.07) is 6.84. The Kier molecular flexibility index (Phi) is 3.00. The van der Waals surface area contributed by atoms with Gasteiger partial charge in [-0.2, -0.15) is 0 Å². The van der Waals surface area contributed by atoms with Crippen LogP contribution in [0.2, 0.25) is 0 Å². The topological polar surface area (TPSA) is 8.81 Å². The lowest BCUT2D eigenvalue weighted by molar-refractivity contribution is -0.655. The van der Waals surface area contributed by atoms with E-state index in [2.05, 4.69) is 76.0 Å². The second-order valence-corrected chi connectivity index (χ2v) is 6.58. The lowest BCUT2D eigenvalue weighted by atomic mass is 9.87. The summed E-state index contributed by atoms with van der Waals surface area (Å²) >= 11 is 0. The van der Waals surface area contributed by atoms with Gasteiger partial charge in [-0.3, -0.25) is 0 Å². The summed E-state index contributed by atoms with van der Waals surface area (Å²) in [5, 5.41) is 0. The molecule has 0 amide bonds. The Labute approximate surface area is 110 Å². The van der Waals surface area contributed by atoms with Crippen LogP contribution in [-0.4, -0.2) is 4.57 Å². The van der Waals surface area contributed by atoms with Crippen molar-refractivity contribution in [1.29, 1.82) is 0 Å². The van der Waals surface area contributed by atoms with Crippen LogP contribution >= 0.6 is 0 Å². The van der Waals surface area contributed by atoms with Crippen LogP contribution in [0.4, 0.5) is 0 Å². The van der Waals surface area contributed by atoms with Gasteiger partial charge in [0.2, 0.25) is 0 Å². The number of hydrogen-bond donors (Lipinski definition) is 0. The van der Waals surface area contributed by atoms with Crippen LogP contribution in [0.5, 0.6) is 0 Å². The quantitative estimate of drug-likeness (QED) is 0.681. The molecule has 0 N–H and O–H groups in total. The van der Waals surface area contributed by atoms with Gasteiger partial charge in [0.05, 0.1) is 20.0 Å². The van der Waals surface area contributed by atoms with Crippen LogP contribution in [0.25, 0.3) is 11.0 Å². The summed E-state index contributed by atoms with van der Waals surface area (Å²) in [5.41, 5.74) is 4.24. The third-order valence-corrected chi connectivity index (χ3v) is 3.77. The largest absolute Gasteiger partial charge is 0.259 e. The monoisotopic (exact) mass is 245 g/mol. The van der Waals surface area contributed by atoms with Crippen LogP contribution in [0.15, 0.2) is 18.2 Å². The van der Waals surface area contributed by atoms with E-state index in [9.17, 15) is 0 Å². The maximum atomic E-state index is 2.33. The molecule has 0 bridgehead atoms. The Morgan fingerprint density at radius 3 is 2.28 bits per heavy atom. The molecule has 18 heavy (non-hydrogen) atoms. The van der Waals surface area contributed by atoms with E-state index in [0.29, 0.717) is 5.92 Å². The van der Waals surface area contributed by atoms with Crippen molar-refractivity contribution in [1.82, 2.24) is 4.57 Å². The van der Waals surface area contributed by atoms with E-state index in [0.717, 1.165) is 0 Å². The van der Waals surface area contributed by atoms with Crippen LogP contribution in [0.3, 0.4) is 0 Å². The highest BCUT2D eigenvalue weighted by molar-refractivity contribution is 5.73. The third kappa shape index (κ3) is 1.94. The van der Waals surface area contributed by atoms with E-state index >= 15 is 0 Å². The first-order valence-electron chi connectivity index (χ1n) is 6.72. The van der Waals surface area contributed by atoms with Gasteiger partial charge in [-0.25, -0.2) is 9.13 Å². The van der Waals surface area contributed by atoms with Gasteiger partial charge in [0.15, 0.2) is 11.0 Å². The van der Waals surface area contributed by atoms with E-state index in [-0.39, 0.29) is 5.41 Å². The highest BCUT2D eigenvalue weighted by Crippen LogP contribution is 2.26. The molecular formula is C16H25N2+. The molecule has 0 aliphatic rings. The maximum absolute atomic E-state index is 2.33. The average molecular weight is 245 g/mol. The summed E-state index contributed by atoms with van der Waals surface area (Å²) in [4.78, 5) is 0. The molecule has 0 aliphatic carbocycles. The van der Waals surface area contributed by atoms with Crippen LogP contribution in [-0.2, 0) is 19.5 Å². The van der Waals surface area contributed by atoms with Crippen molar-refractivity contribution in [2.75, 3.05) is 0 Å². The smallest absolute Gasteiger partial charge is 0.230 e. The second-order valence-electron chi connectivity index (χ2n) is 6.58. The number of fused-ring (bicyclic) bond motifs is 1. The first-order chi connectivity index (χ1) is 8.23. The summed E-state index contributed by atoms with van der Waals surface area (Å²) < 4.78 is 4.64. The Balaban J connectivity index is 2.76. The fourth-order valence-corrected chi connectivity index (χ4v) is 2.79. The van der Waals surface area contributed by atoms with Crippen LogP contribution < -0.4 is 4.57 Å². The first-order valence-corrected chi connectivity index (χ1v) is 6.72. The van der Waals surface area contributed by atoms with Crippen molar-refractivity contribution in [3.63, 3.8) is 0 Å². The molecule has 2 aromatic rings. The van der Waals surface area contributed by atoms with E-state index in [1.165, 1.54) is 22.4 Å². The maximum Gasteiger partial charge on any atom is 0.259 e. The molecule has 0 radical (unpaired) electrons. The zero-order valence-electron chi connectivity index (χ0n) is 12.7. The summed E-state index contributed by atoms with van der Waals surface area (Å²) in [5.74, 6) is 1.90. The van der Waals surface area contributed by atoms with Crippen molar-refractivity contribution in [2.24, 2.45) is 14.1 Å². The SMILES string of the molecule is CC(C)c1n(C)c2ccc(C(C)(C)C)cc2[n+]1C. The highest BCUT2D eigenvalue weighted by Gasteiger charge is 2.24. The average Bonchev–Trinajstić information content (AvgIpc) is 2.50. The van der Waals surface area contributed by atoms with Gasteiger partial charge in [0.1, 0.15) is 0 Å². The minimum absolute atomic E-state index is 0.203. The molecule has 98 valence electrons. The fraction of sp³-hybridized carbons (Fsp3) is 0.562. The zero-order valence-corrected chi connectivity index (χ0v) is 12.7. The highest BCUT2D eigenvalue weighted by atomic mass is 15.1. The van der Waals surface area contributed by atoms with Gasteiger partial charge < -0.3 is 0 Å². The lowest BCUT2D eigenvalue weighted by Gasteiger charge is -2.18. The van der Waals surface area contributed by atoms with Crippen molar-refractivity contribution in [2.45, 2.75) is 46.0 Å². The standard InChI is InChI=1S/C16H25N2/c1-11(2)15-17(6)13-9-8-12(16(3,4)5)10-14(13)18(15)7/h8-11H,1-7H3/q+1. The number of benzene rings is 1. The van der Waals surface area contributed by atoms with Gasteiger partial charge >= 0.3 is 0 Å². The molecule has 0 atom stereocenters. The predicted molar refractivity (Wildman–Crippen MR) is 76.9 cm³/mol. The van der Waals surface area contributed by atoms with E-state index in [4.69, 9.17) is 0 Å². The summed E-state index contributed by atoms with van der Waals surface area (Å²) in [6.07, 6.45) is 0. The molecule has 0 saturated heterocycles. The van der Waals surface area contributed by atoms with Crippen LogP contribution in [0.1, 0.15) is 51.9 Å². The van der Waals surface area contributed by atoms with E-state index in [1.54, 1.807) is 0 Å². The number of aryl methyl sites for hydroxylation is 2. The molecule has 2 nitrogen and oxygen atoms in total. The van der Waals surface area contributed by atoms with Crippen molar-refractivity contribution >= 4 is 11.0 Å². The third-order valence-electron chi connectivity index (χ3n) is 3.77. The number of aromatic nitrogens is 2. The number of rotatable bonds is 1. The Morgan fingerprint density at radius 2 is 1.78 bits per heavy atom. The van der Waals surface area contributed by atoms with E-state index in [1.807, 2.05) is 0 Å².